The van der Waals surface area contributed by atoms with Crippen molar-refractivity contribution in [1.29, 1.82) is 0 Å². The summed E-state index contributed by atoms with van der Waals surface area (Å²) in [5.41, 5.74) is 3.89. The fourth-order valence-corrected chi connectivity index (χ4v) is 1.56. The van der Waals surface area contributed by atoms with Gasteiger partial charge in [0.2, 0.25) is 0 Å². The van der Waals surface area contributed by atoms with Crippen LogP contribution in [-0.4, -0.2) is 0 Å². The average molecular weight is 309 g/mol. The average Bonchev–Trinajstić information content (AvgIpc) is 2.60. The summed E-state index contributed by atoms with van der Waals surface area (Å²) in [6.07, 6.45) is 10.4. The van der Waals surface area contributed by atoms with Gasteiger partial charge in [0.1, 0.15) is 0 Å². The van der Waals surface area contributed by atoms with Crippen molar-refractivity contribution in [2.75, 3.05) is 0 Å². The van der Waals surface area contributed by atoms with E-state index in [0.717, 1.165) is 22.3 Å². The van der Waals surface area contributed by atoms with Crippen molar-refractivity contribution in [2.45, 2.75) is 34.1 Å². The molecule has 0 aromatic heterocycles. The SMILES string of the molecule is C=C/C=C\C(=C)C(=C)/C(=C\C=C)c1ccccc1.CC.CCC. The molecule has 0 fully saturated rings. The molecule has 124 valence electrons. The van der Waals surface area contributed by atoms with Gasteiger partial charge >= 0.3 is 0 Å². The first kappa shape index (κ1) is 22.9. The molecule has 0 aliphatic rings. The van der Waals surface area contributed by atoms with Crippen LogP contribution in [0.5, 0.6) is 0 Å². The molecule has 0 N–H and O–H groups in total. The van der Waals surface area contributed by atoms with Crippen molar-refractivity contribution >= 4 is 5.57 Å². The number of allylic oxidation sites excluding steroid dienone is 8. The highest BCUT2D eigenvalue weighted by atomic mass is 14.1. The minimum absolute atomic E-state index is 0.867. The largest absolute Gasteiger partial charge is 0.0991 e. The Morgan fingerprint density at radius 2 is 1.48 bits per heavy atom. The van der Waals surface area contributed by atoms with E-state index in [0.29, 0.717) is 0 Å². The third-order valence-corrected chi connectivity index (χ3v) is 2.52. The molecule has 0 heteroatoms. The molecular formula is C23H32. The lowest BCUT2D eigenvalue weighted by Gasteiger charge is -2.11. The van der Waals surface area contributed by atoms with E-state index in [1.165, 1.54) is 6.42 Å². The second kappa shape index (κ2) is 16.0. The van der Waals surface area contributed by atoms with Gasteiger partial charge in [0.25, 0.3) is 0 Å². The Kier molecular flexibility index (Phi) is 16.0. The van der Waals surface area contributed by atoms with Gasteiger partial charge < -0.3 is 0 Å². The third-order valence-electron chi connectivity index (χ3n) is 2.52. The van der Waals surface area contributed by atoms with Gasteiger partial charge in [0.15, 0.2) is 0 Å². The first-order valence-corrected chi connectivity index (χ1v) is 8.18. The summed E-state index contributed by atoms with van der Waals surface area (Å²) in [5.74, 6) is 0. The third kappa shape index (κ3) is 10.1. The predicted molar refractivity (Wildman–Crippen MR) is 110 cm³/mol. The van der Waals surface area contributed by atoms with Gasteiger partial charge in [-0.2, -0.15) is 0 Å². The molecule has 1 aromatic carbocycles. The first-order chi connectivity index (χ1) is 11.1. The summed E-state index contributed by atoms with van der Waals surface area (Å²) in [4.78, 5) is 0. The van der Waals surface area contributed by atoms with Gasteiger partial charge in [-0.25, -0.2) is 0 Å². The molecule has 1 aromatic rings. The Bertz CT molecular complexity index is 524. The highest BCUT2D eigenvalue weighted by Crippen LogP contribution is 2.27. The highest BCUT2D eigenvalue weighted by molar-refractivity contribution is 5.84. The molecule has 0 saturated carbocycles. The fraction of sp³-hybridized carbons (Fsp3) is 0.217. The quantitative estimate of drug-likeness (QED) is 0.476. The van der Waals surface area contributed by atoms with Crippen LogP contribution in [0.1, 0.15) is 39.7 Å². The predicted octanol–water partition coefficient (Wildman–Crippen LogP) is 7.55. The lowest BCUT2D eigenvalue weighted by molar-refractivity contribution is 1.09. The summed E-state index contributed by atoms with van der Waals surface area (Å²) in [7, 11) is 0. The summed E-state index contributed by atoms with van der Waals surface area (Å²) in [6, 6.07) is 10.1. The van der Waals surface area contributed by atoms with E-state index in [9.17, 15) is 0 Å². The number of hydrogen-bond acceptors (Lipinski definition) is 0. The zero-order chi connectivity index (χ0) is 18.1. The van der Waals surface area contributed by atoms with Crippen LogP contribution in [0.2, 0.25) is 0 Å². The molecule has 0 atom stereocenters. The molecule has 0 amide bonds. The molecule has 0 bridgehead atoms. The molecular weight excluding hydrogens is 276 g/mol. The Labute approximate surface area is 144 Å². The van der Waals surface area contributed by atoms with Crippen molar-refractivity contribution in [1.82, 2.24) is 0 Å². The van der Waals surface area contributed by atoms with E-state index in [1.807, 2.05) is 62.4 Å². The van der Waals surface area contributed by atoms with E-state index in [4.69, 9.17) is 0 Å². The van der Waals surface area contributed by atoms with Crippen LogP contribution in [-0.2, 0) is 0 Å². The molecule has 23 heavy (non-hydrogen) atoms. The summed E-state index contributed by atoms with van der Waals surface area (Å²) >= 11 is 0. The number of rotatable bonds is 6. The van der Waals surface area contributed by atoms with Crippen molar-refractivity contribution in [3.05, 3.63) is 104 Å². The summed E-state index contributed by atoms with van der Waals surface area (Å²) in [6.45, 7) is 23.8. The molecule has 0 radical (unpaired) electrons. The van der Waals surface area contributed by atoms with Gasteiger partial charge in [-0.1, -0.05) is 121 Å². The van der Waals surface area contributed by atoms with Crippen LogP contribution in [0.3, 0.4) is 0 Å². The second-order valence-electron chi connectivity index (χ2n) is 4.49. The topological polar surface area (TPSA) is 0 Å². The van der Waals surface area contributed by atoms with E-state index < -0.39 is 0 Å². The van der Waals surface area contributed by atoms with Crippen molar-refractivity contribution in [2.24, 2.45) is 0 Å². The fourth-order valence-electron chi connectivity index (χ4n) is 1.56. The maximum atomic E-state index is 4.10. The first-order valence-electron chi connectivity index (χ1n) is 8.18. The normalized spacial score (nSPS) is 9.83. The van der Waals surface area contributed by atoms with Gasteiger partial charge in [0, 0.05) is 0 Å². The van der Waals surface area contributed by atoms with E-state index in [-0.39, 0.29) is 0 Å². The molecule has 0 nitrogen and oxygen atoms in total. The van der Waals surface area contributed by atoms with Gasteiger partial charge in [-0.05, 0) is 22.3 Å². The molecule has 0 heterocycles. The van der Waals surface area contributed by atoms with Crippen LogP contribution in [0.25, 0.3) is 5.57 Å². The highest BCUT2D eigenvalue weighted by Gasteiger charge is 2.06. The zero-order valence-corrected chi connectivity index (χ0v) is 15.3. The Morgan fingerprint density at radius 1 is 0.957 bits per heavy atom. The molecule has 0 spiro atoms. The monoisotopic (exact) mass is 308 g/mol. The smallest absolute Gasteiger partial charge is 0.0112 e. The Hall–Kier alpha value is -2.34. The van der Waals surface area contributed by atoms with Crippen LogP contribution in [0.15, 0.2) is 98.2 Å². The standard InChI is InChI=1S/C18H18.C3H8.C2H6/c1-5-7-12-15(3)16(4)18(11-6-2)17-13-9-8-10-14-17;1-3-2;1-2/h5-14H,1-4H2;3H2,1-2H3;1-2H3/b12-7-,18-11+;;. The minimum atomic E-state index is 0.867. The molecule has 0 aliphatic carbocycles. The Balaban J connectivity index is 0. The molecule has 0 saturated heterocycles. The maximum absolute atomic E-state index is 4.10. The summed E-state index contributed by atoms with van der Waals surface area (Å²) < 4.78 is 0. The van der Waals surface area contributed by atoms with Crippen LogP contribution < -0.4 is 0 Å². The van der Waals surface area contributed by atoms with Crippen molar-refractivity contribution in [3.63, 3.8) is 0 Å². The minimum Gasteiger partial charge on any atom is -0.0991 e. The lowest BCUT2D eigenvalue weighted by Crippen LogP contribution is -1.90. The maximum Gasteiger partial charge on any atom is -0.0112 e. The van der Waals surface area contributed by atoms with Crippen molar-refractivity contribution in [3.8, 4) is 0 Å². The summed E-state index contributed by atoms with van der Waals surface area (Å²) in [5, 5.41) is 0. The number of hydrogen-bond donors (Lipinski definition) is 0. The van der Waals surface area contributed by atoms with E-state index >= 15 is 0 Å². The van der Waals surface area contributed by atoms with Crippen LogP contribution in [0.4, 0.5) is 0 Å². The Morgan fingerprint density at radius 3 is 1.91 bits per heavy atom. The molecule has 1 rings (SSSR count). The molecule has 0 aliphatic heterocycles. The van der Waals surface area contributed by atoms with Crippen LogP contribution in [0, 0.1) is 0 Å². The van der Waals surface area contributed by atoms with Crippen LogP contribution >= 0.6 is 0 Å². The lowest BCUT2D eigenvalue weighted by atomic mass is 9.93. The van der Waals surface area contributed by atoms with Gasteiger partial charge in [-0.15, -0.1) is 0 Å². The molecule has 0 unspecified atom stereocenters. The van der Waals surface area contributed by atoms with E-state index in [1.54, 1.807) is 12.2 Å². The second-order valence-corrected chi connectivity index (χ2v) is 4.49. The number of benzene rings is 1. The van der Waals surface area contributed by atoms with E-state index in [2.05, 4.69) is 40.2 Å². The van der Waals surface area contributed by atoms with Gasteiger partial charge in [-0.3, -0.25) is 0 Å². The zero-order valence-electron chi connectivity index (χ0n) is 15.3. The van der Waals surface area contributed by atoms with Crippen molar-refractivity contribution < 1.29 is 0 Å². The van der Waals surface area contributed by atoms with Gasteiger partial charge in [0.05, 0.1) is 0 Å².